The van der Waals surface area contributed by atoms with E-state index in [0.717, 1.165) is 47.4 Å². The largest absolute Gasteiger partial charge is 0.305 e. The van der Waals surface area contributed by atoms with Crippen LogP contribution >= 0.6 is 0 Å². The van der Waals surface area contributed by atoms with Crippen molar-refractivity contribution in [1.82, 2.24) is 24.1 Å². The first kappa shape index (κ1) is 33.1. The second-order valence-corrected chi connectivity index (χ2v) is 12.8. The molecule has 0 aliphatic heterocycles. The molecule has 244 valence electrons. The van der Waals surface area contributed by atoms with E-state index in [4.69, 9.17) is 0 Å². The third-order valence-electron chi connectivity index (χ3n) is 8.04. The molecule has 1 aliphatic rings. The smallest absolute Gasteiger partial charge is 0.274 e. The Hall–Kier alpha value is -4.31. The summed E-state index contributed by atoms with van der Waals surface area (Å²) in [5.74, 6) is -13.2. The molecule has 0 bridgehead atoms. The van der Waals surface area contributed by atoms with Gasteiger partial charge in [0, 0.05) is 36.8 Å². The number of aromatic nitrogens is 4. The van der Waals surface area contributed by atoms with Crippen molar-refractivity contribution in [3.05, 3.63) is 87.6 Å². The lowest BCUT2D eigenvalue weighted by Gasteiger charge is -2.27. The van der Waals surface area contributed by atoms with Gasteiger partial charge in [0.15, 0.2) is 28.2 Å². The number of rotatable bonds is 9. The minimum atomic E-state index is -5.41. The number of anilines is 1. The normalized spacial score (nSPS) is 14.3. The molecule has 16 heteroatoms. The van der Waals surface area contributed by atoms with Gasteiger partial charge in [-0.25, -0.2) is 35.1 Å². The molecule has 0 spiro atoms. The molecule has 1 saturated carbocycles. The van der Waals surface area contributed by atoms with Gasteiger partial charge in [0.2, 0.25) is 21.7 Å². The van der Waals surface area contributed by atoms with Gasteiger partial charge in [-0.15, -0.1) is 0 Å². The van der Waals surface area contributed by atoms with E-state index in [9.17, 15) is 40.0 Å². The van der Waals surface area contributed by atoms with Crippen molar-refractivity contribution in [2.45, 2.75) is 56.4 Å². The topological polar surface area (TPSA) is 118 Å². The molecule has 0 radical (unpaired) electrons. The Kier molecular flexibility index (Phi) is 9.49. The number of nitrogens with zero attached hydrogens (tertiary/aromatic N) is 6. The van der Waals surface area contributed by atoms with Crippen LogP contribution in [0.3, 0.4) is 0 Å². The number of halogens is 5. The van der Waals surface area contributed by atoms with Crippen LogP contribution in [-0.2, 0) is 28.4 Å². The highest BCUT2D eigenvalue weighted by atomic mass is 32.2. The van der Waals surface area contributed by atoms with E-state index in [2.05, 4.69) is 15.1 Å². The van der Waals surface area contributed by atoms with E-state index >= 15 is 0 Å². The second kappa shape index (κ2) is 13.2. The number of fused-ring (bicyclic) bond motifs is 1. The third kappa shape index (κ3) is 6.23. The fourth-order valence-electron chi connectivity index (χ4n) is 5.48. The SMILES string of the molecule is CCN(CC(=O)N(Cc1cnc(C2CCCCC2)cn1)c1ccc2c(=O)n(C)ncc2c1)S(=O)(=O)c1c(F)c(F)c(F)c(F)c1F. The molecular weight excluding hydrogens is 635 g/mol. The zero-order valence-corrected chi connectivity index (χ0v) is 25.6. The van der Waals surface area contributed by atoms with Gasteiger partial charge in [0.05, 0.1) is 42.3 Å². The van der Waals surface area contributed by atoms with E-state index in [-0.39, 0.29) is 23.5 Å². The lowest BCUT2D eigenvalue weighted by atomic mass is 9.87. The Bertz CT molecular complexity index is 1940. The number of aryl methyl sites for hydroxylation is 1. The van der Waals surface area contributed by atoms with Crippen molar-refractivity contribution in [2.75, 3.05) is 18.0 Å². The third-order valence-corrected chi connectivity index (χ3v) is 9.98. The van der Waals surface area contributed by atoms with Gasteiger partial charge in [0.25, 0.3) is 5.56 Å². The number of amides is 1. The van der Waals surface area contributed by atoms with Gasteiger partial charge in [-0.1, -0.05) is 26.2 Å². The van der Waals surface area contributed by atoms with Gasteiger partial charge in [0.1, 0.15) is 0 Å². The maximum atomic E-state index is 14.5. The van der Waals surface area contributed by atoms with E-state index < -0.39 is 68.6 Å². The predicted octanol–water partition coefficient (Wildman–Crippen LogP) is 4.71. The quantitative estimate of drug-likeness (QED) is 0.145. The molecule has 46 heavy (non-hydrogen) atoms. The first-order chi connectivity index (χ1) is 21.8. The maximum absolute atomic E-state index is 14.5. The Balaban J connectivity index is 1.51. The molecule has 0 atom stereocenters. The minimum absolute atomic E-state index is 0.190. The lowest BCUT2D eigenvalue weighted by Crippen LogP contribution is -2.43. The van der Waals surface area contributed by atoms with Gasteiger partial charge in [-0.05, 0) is 31.0 Å². The van der Waals surface area contributed by atoms with Crippen molar-refractivity contribution in [3.8, 4) is 0 Å². The number of likely N-dealkylation sites (N-methyl/N-ethyl adjacent to an activating group) is 1. The molecular formula is C30H29F5N6O4S. The number of benzene rings is 2. The minimum Gasteiger partial charge on any atom is -0.305 e. The molecule has 2 aromatic carbocycles. The van der Waals surface area contributed by atoms with Gasteiger partial charge in [-0.3, -0.25) is 19.6 Å². The van der Waals surface area contributed by atoms with Gasteiger partial charge >= 0.3 is 0 Å². The van der Waals surface area contributed by atoms with Crippen LogP contribution in [0.15, 0.2) is 46.5 Å². The zero-order chi connectivity index (χ0) is 33.3. The highest BCUT2D eigenvalue weighted by Gasteiger charge is 2.38. The summed E-state index contributed by atoms with van der Waals surface area (Å²) in [6.45, 7) is -0.609. The van der Waals surface area contributed by atoms with Crippen LogP contribution in [0.25, 0.3) is 10.8 Å². The van der Waals surface area contributed by atoms with Crippen LogP contribution in [0.1, 0.15) is 56.3 Å². The van der Waals surface area contributed by atoms with E-state index in [1.165, 1.54) is 44.6 Å². The monoisotopic (exact) mass is 664 g/mol. The highest BCUT2D eigenvalue weighted by Crippen LogP contribution is 2.32. The van der Waals surface area contributed by atoms with Crippen LogP contribution < -0.4 is 10.5 Å². The molecule has 1 fully saturated rings. The number of sulfonamides is 1. The molecule has 0 unspecified atom stereocenters. The standard InChI is InChI=1S/C30H29F5N6O4S/c1-3-40(46(44,45)29-27(34)25(32)24(31)26(33)28(29)35)16-23(42)41(20-9-10-21-18(11-20)12-38-39(2)30(21)43)15-19-13-37-22(14-36-19)17-7-5-4-6-8-17/h9-14,17H,3-8,15-16H2,1-2H3. The summed E-state index contributed by atoms with van der Waals surface area (Å²) < 4.78 is 98.5. The fraction of sp³-hybridized carbons (Fsp3) is 0.367. The molecule has 0 saturated heterocycles. The summed E-state index contributed by atoms with van der Waals surface area (Å²) in [4.78, 5) is 34.4. The average molecular weight is 665 g/mol. The van der Waals surface area contributed by atoms with Crippen LogP contribution in [0.5, 0.6) is 0 Å². The maximum Gasteiger partial charge on any atom is 0.274 e. The summed E-state index contributed by atoms with van der Waals surface area (Å²) in [7, 11) is -3.95. The summed E-state index contributed by atoms with van der Waals surface area (Å²) in [5, 5.41) is 4.63. The van der Waals surface area contributed by atoms with E-state index in [0.29, 0.717) is 15.4 Å². The molecule has 1 aliphatic carbocycles. The van der Waals surface area contributed by atoms with Crippen molar-refractivity contribution in [2.24, 2.45) is 7.05 Å². The summed E-state index contributed by atoms with van der Waals surface area (Å²) in [6, 6.07) is 4.37. The van der Waals surface area contributed by atoms with Crippen LogP contribution in [0.2, 0.25) is 0 Å². The highest BCUT2D eigenvalue weighted by molar-refractivity contribution is 7.89. The first-order valence-corrected chi connectivity index (χ1v) is 15.9. The van der Waals surface area contributed by atoms with Crippen LogP contribution in [0.4, 0.5) is 27.6 Å². The zero-order valence-electron chi connectivity index (χ0n) is 24.8. The van der Waals surface area contributed by atoms with Crippen LogP contribution in [-0.4, -0.2) is 51.5 Å². The fourth-order valence-corrected chi connectivity index (χ4v) is 6.99. The second-order valence-electron chi connectivity index (χ2n) is 10.9. The van der Waals surface area contributed by atoms with Crippen molar-refractivity contribution >= 4 is 32.4 Å². The van der Waals surface area contributed by atoms with Crippen LogP contribution in [0, 0.1) is 29.1 Å². The average Bonchev–Trinajstić information content (AvgIpc) is 3.06. The molecule has 10 nitrogen and oxygen atoms in total. The molecule has 4 aromatic rings. The van der Waals surface area contributed by atoms with Crippen molar-refractivity contribution < 1.29 is 35.2 Å². The first-order valence-electron chi connectivity index (χ1n) is 14.4. The van der Waals surface area contributed by atoms with Crippen molar-refractivity contribution in [3.63, 3.8) is 0 Å². The summed E-state index contributed by atoms with van der Waals surface area (Å²) in [5.41, 5.74) is 0.911. The summed E-state index contributed by atoms with van der Waals surface area (Å²) >= 11 is 0. The van der Waals surface area contributed by atoms with E-state index in [1.54, 1.807) is 6.20 Å². The Morgan fingerprint density at radius 3 is 2.20 bits per heavy atom. The van der Waals surface area contributed by atoms with E-state index in [1.807, 2.05) is 0 Å². The Morgan fingerprint density at radius 2 is 1.59 bits per heavy atom. The number of hydrogen-bond donors (Lipinski definition) is 0. The molecule has 2 aromatic heterocycles. The number of carbonyl (C=O) groups is 1. The predicted molar refractivity (Wildman–Crippen MR) is 157 cm³/mol. The number of hydrogen-bond acceptors (Lipinski definition) is 7. The number of carbonyl (C=O) groups excluding carboxylic acids is 1. The lowest BCUT2D eigenvalue weighted by molar-refractivity contribution is -0.119. The molecule has 1 amide bonds. The molecule has 0 N–H and O–H groups in total. The Labute approximate surface area is 260 Å². The van der Waals surface area contributed by atoms with Gasteiger partial charge in [-0.2, -0.15) is 9.40 Å². The summed E-state index contributed by atoms with van der Waals surface area (Å²) in [6.07, 6.45) is 9.78. The molecule has 5 rings (SSSR count). The Morgan fingerprint density at radius 1 is 0.935 bits per heavy atom. The van der Waals surface area contributed by atoms with Gasteiger partial charge < -0.3 is 4.90 Å². The molecule has 2 heterocycles. The van der Waals surface area contributed by atoms with Crippen molar-refractivity contribution in [1.29, 1.82) is 0 Å².